The predicted octanol–water partition coefficient (Wildman–Crippen LogP) is 2.79. The van der Waals surface area contributed by atoms with Gasteiger partial charge >= 0.3 is 0 Å². The number of carbonyl (C=O) groups is 1. The molecule has 1 aliphatic heterocycles. The highest BCUT2D eigenvalue weighted by Crippen LogP contribution is 2.28. The van der Waals surface area contributed by atoms with Crippen LogP contribution in [0.4, 0.5) is 11.4 Å². The Morgan fingerprint density at radius 3 is 2.54 bits per heavy atom. The highest BCUT2D eigenvalue weighted by atomic mass is 16.2. The molecule has 5 heteroatoms. The zero-order valence-corrected chi connectivity index (χ0v) is 15.5. The molecule has 0 aromatic heterocycles. The molecule has 1 heterocycles. The number of nitrogens with zero attached hydrogens (tertiary/aromatic N) is 3. The summed E-state index contributed by atoms with van der Waals surface area (Å²) < 4.78 is 0. The van der Waals surface area contributed by atoms with E-state index in [0.29, 0.717) is 12.2 Å². The second-order valence-electron chi connectivity index (χ2n) is 6.38. The SMILES string of the molecule is CCN(CC)CCN1C(=O)CN=C(c2ccccc2)c2cc(N)ccc21. The maximum atomic E-state index is 12.8. The average molecular weight is 350 g/mol. The number of amides is 1. The van der Waals surface area contributed by atoms with Crippen molar-refractivity contribution in [1.29, 1.82) is 0 Å². The number of fused-ring (bicyclic) bond motifs is 1. The fraction of sp³-hybridized carbons (Fsp3) is 0.333. The number of hydrogen-bond donors (Lipinski definition) is 1. The van der Waals surface area contributed by atoms with Crippen LogP contribution in [0.5, 0.6) is 0 Å². The quantitative estimate of drug-likeness (QED) is 0.815. The van der Waals surface area contributed by atoms with Gasteiger partial charge in [-0.05, 0) is 31.3 Å². The molecular formula is C21H26N4O. The van der Waals surface area contributed by atoms with Gasteiger partial charge in [0.05, 0.1) is 11.4 Å². The molecule has 3 rings (SSSR count). The number of carbonyl (C=O) groups excluding carboxylic acids is 1. The minimum absolute atomic E-state index is 0.0223. The van der Waals surface area contributed by atoms with Crippen LogP contribution in [0.15, 0.2) is 53.5 Å². The van der Waals surface area contributed by atoms with Gasteiger partial charge in [0, 0.05) is 29.9 Å². The molecule has 2 aromatic carbocycles. The van der Waals surface area contributed by atoms with Gasteiger partial charge < -0.3 is 15.5 Å². The summed E-state index contributed by atoms with van der Waals surface area (Å²) in [5.74, 6) is 0.0223. The largest absolute Gasteiger partial charge is 0.399 e. The second-order valence-corrected chi connectivity index (χ2v) is 6.38. The third-order valence-electron chi connectivity index (χ3n) is 4.82. The van der Waals surface area contributed by atoms with Crippen molar-refractivity contribution in [3.05, 3.63) is 59.7 Å². The maximum absolute atomic E-state index is 12.8. The number of nitrogens with two attached hydrogens (primary N) is 1. The van der Waals surface area contributed by atoms with Crippen LogP contribution in [0.2, 0.25) is 0 Å². The molecule has 0 saturated heterocycles. The van der Waals surface area contributed by atoms with Crippen LogP contribution >= 0.6 is 0 Å². The van der Waals surface area contributed by atoms with E-state index < -0.39 is 0 Å². The number of nitrogen functional groups attached to an aromatic ring is 1. The molecule has 0 atom stereocenters. The minimum Gasteiger partial charge on any atom is -0.399 e. The molecular weight excluding hydrogens is 324 g/mol. The van der Waals surface area contributed by atoms with E-state index in [2.05, 4.69) is 23.7 Å². The van der Waals surface area contributed by atoms with Gasteiger partial charge in [0.25, 0.3) is 0 Å². The van der Waals surface area contributed by atoms with Crippen LogP contribution in [0.25, 0.3) is 0 Å². The van der Waals surface area contributed by atoms with Crippen LogP contribution in [-0.2, 0) is 4.79 Å². The molecule has 5 nitrogen and oxygen atoms in total. The number of hydrogen-bond acceptors (Lipinski definition) is 4. The lowest BCUT2D eigenvalue weighted by Gasteiger charge is -2.27. The fourth-order valence-electron chi connectivity index (χ4n) is 3.30. The van der Waals surface area contributed by atoms with Crippen molar-refractivity contribution in [2.75, 3.05) is 43.4 Å². The van der Waals surface area contributed by atoms with Crippen molar-refractivity contribution >= 4 is 23.0 Å². The summed E-state index contributed by atoms with van der Waals surface area (Å²) in [5.41, 5.74) is 10.4. The molecule has 1 aliphatic rings. The Balaban J connectivity index is 2.01. The van der Waals surface area contributed by atoms with Crippen molar-refractivity contribution in [2.45, 2.75) is 13.8 Å². The minimum atomic E-state index is 0.0223. The summed E-state index contributed by atoms with van der Waals surface area (Å²) in [7, 11) is 0. The fourth-order valence-corrected chi connectivity index (χ4v) is 3.30. The Hall–Kier alpha value is -2.66. The lowest BCUT2D eigenvalue weighted by atomic mass is 9.99. The highest BCUT2D eigenvalue weighted by Gasteiger charge is 2.25. The Morgan fingerprint density at radius 2 is 1.85 bits per heavy atom. The average Bonchev–Trinajstić information content (AvgIpc) is 2.80. The van der Waals surface area contributed by atoms with Crippen LogP contribution in [0, 0.1) is 0 Å². The number of likely N-dealkylation sites (N-methyl/N-ethyl adjacent to an activating group) is 1. The number of aliphatic imine (C=N–C) groups is 1. The highest BCUT2D eigenvalue weighted by molar-refractivity contribution is 6.19. The summed E-state index contributed by atoms with van der Waals surface area (Å²) in [4.78, 5) is 21.6. The monoisotopic (exact) mass is 350 g/mol. The zero-order chi connectivity index (χ0) is 18.5. The van der Waals surface area contributed by atoms with E-state index in [0.717, 1.165) is 42.2 Å². The number of benzene rings is 2. The molecule has 0 aliphatic carbocycles. The molecule has 0 bridgehead atoms. The van der Waals surface area contributed by atoms with Gasteiger partial charge in [-0.2, -0.15) is 0 Å². The third kappa shape index (κ3) is 3.78. The summed E-state index contributed by atoms with van der Waals surface area (Å²) in [6.45, 7) is 7.85. The van der Waals surface area contributed by atoms with E-state index >= 15 is 0 Å². The van der Waals surface area contributed by atoms with Gasteiger partial charge in [-0.3, -0.25) is 9.79 Å². The van der Waals surface area contributed by atoms with Gasteiger partial charge in [-0.15, -0.1) is 0 Å². The molecule has 0 spiro atoms. The first-order valence-corrected chi connectivity index (χ1v) is 9.16. The normalized spacial score (nSPS) is 14.2. The van der Waals surface area contributed by atoms with Crippen molar-refractivity contribution in [2.24, 2.45) is 4.99 Å². The molecule has 0 saturated carbocycles. The molecule has 0 fully saturated rings. The molecule has 2 aromatic rings. The van der Waals surface area contributed by atoms with Crippen molar-refractivity contribution in [3.8, 4) is 0 Å². The van der Waals surface area contributed by atoms with Crippen molar-refractivity contribution < 1.29 is 4.79 Å². The molecule has 1 amide bonds. The van der Waals surface area contributed by atoms with Crippen molar-refractivity contribution in [1.82, 2.24) is 4.90 Å². The van der Waals surface area contributed by atoms with E-state index in [4.69, 9.17) is 5.73 Å². The molecule has 0 radical (unpaired) electrons. The number of benzodiazepines with no additional fused rings is 1. The Bertz CT molecular complexity index is 797. The summed E-state index contributed by atoms with van der Waals surface area (Å²) in [5, 5.41) is 0. The van der Waals surface area contributed by atoms with E-state index in [1.807, 2.05) is 53.4 Å². The maximum Gasteiger partial charge on any atom is 0.248 e. The van der Waals surface area contributed by atoms with Crippen molar-refractivity contribution in [3.63, 3.8) is 0 Å². The molecule has 0 unspecified atom stereocenters. The van der Waals surface area contributed by atoms with Gasteiger partial charge in [0.2, 0.25) is 5.91 Å². The van der Waals surface area contributed by atoms with Gasteiger partial charge in [0.1, 0.15) is 6.54 Å². The predicted molar refractivity (Wildman–Crippen MR) is 108 cm³/mol. The van der Waals surface area contributed by atoms with Gasteiger partial charge in [0.15, 0.2) is 0 Å². The summed E-state index contributed by atoms with van der Waals surface area (Å²) in [6.07, 6.45) is 0. The van der Waals surface area contributed by atoms with Gasteiger partial charge in [-0.1, -0.05) is 44.2 Å². The standard InChI is InChI=1S/C21H26N4O/c1-3-24(4-2)12-13-25-19-11-10-17(22)14-18(19)21(23-15-20(25)26)16-8-6-5-7-9-16/h5-11,14H,3-4,12-13,15,22H2,1-2H3. The second kappa shape index (κ2) is 8.15. The first-order valence-electron chi connectivity index (χ1n) is 9.16. The first kappa shape index (κ1) is 18.1. The van der Waals surface area contributed by atoms with Crippen LogP contribution < -0.4 is 10.6 Å². The lowest BCUT2D eigenvalue weighted by Crippen LogP contribution is -2.39. The van der Waals surface area contributed by atoms with E-state index in [1.165, 1.54) is 0 Å². The van der Waals surface area contributed by atoms with E-state index in [-0.39, 0.29) is 12.5 Å². The topological polar surface area (TPSA) is 61.9 Å². The Morgan fingerprint density at radius 1 is 1.12 bits per heavy atom. The summed E-state index contributed by atoms with van der Waals surface area (Å²) >= 11 is 0. The van der Waals surface area contributed by atoms with Gasteiger partial charge in [-0.25, -0.2) is 0 Å². The summed E-state index contributed by atoms with van der Waals surface area (Å²) in [6, 6.07) is 15.7. The lowest BCUT2D eigenvalue weighted by molar-refractivity contribution is -0.117. The van der Waals surface area contributed by atoms with E-state index in [1.54, 1.807) is 0 Å². The Labute approximate surface area is 155 Å². The van der Waals surface area contributed by atoms with Crippen LogP contribution in [0.1, 0.15) is 25.0 Å². The smallest absolute Gasteiger partial charge is 0.248 e. The molecule has 26 heavy (non-hydrogen) atoms. The van der Waals surface area contributed by atoms with Crippen LogP contribution in [-0.4, -0.2) is 49.2 Å². The molecule has 2 N–H and O–H groups in total. The molecule has 136 valence electrons. The first-order chi connectivity index (χ1) is 12.6. The Kier molecular flexibility index (Phi) is 5.68. The van der Waals surface area contributed by atoms with E-state index in [9.17, 15) is 4.79 Å². The van der Waals surface area contributed by atoms with Crippen LogP contribution in [0.3, 0.4) is 0 Å². The number of anilines is 2. The third-order valence-corrected chi connectivity index (χ3v) is 4.82. The number of rotatable bonds is 6. The zero-order valence-electron chi connectivity index (χ0n) is 15.5.